The van der Waals surface area contributed by atoms with Crippen molar-refractivity contribution in [3.63, 3.8) is 0 Å². The van der Waals surface area contributed by atoms with Crippen LogP contribution in [0.15, 0.2) is 0 Å². The van der Waals surface area contributed by atoms with E-state index in [-0.39, 0.29) is 0 Å². The molecule has 0 saturated heterocycles. The molecule has 39 heavy (non-hydrogen) atoms. The van der Waals surface area contributed by atoms with E-state index >= 15 is 0 Å². The smallest absolute Gasteiger partial charge is 0.0701 e. The van der Waals surface area contributed by atoms with Crippen LogP contribution < -0.4 is 0 Å². The summed E-state index contributed by atoms with van der Waals surface area (Å²) in [5.41, 5.74) is 0. The first kappa shape index (κ1) is 38.6. The third-order valence-corrected chi connectivity index (χ3v) is 5.82. The highest BCUT2D eigenvalue weighted by Gasteiger charge is 1.96. The lowest BCUT2D eigenvalue weighted by molar-refractivity contribution is -0.0248. The molecule has 0 atom stereocenters. The highest BCUT2D eigenvalue weighted by molar-refractivity contribution is 4.47. The van der Waals surface area contributed by atoms with Crippen LogP contribution in [0.1, 0.15) is 78.1 Å². The molecule has 0 fully saturated rings. The molecule has 0 aliphatic rings. The molecule has 0 N–H and O–H groups in total. The fourth-order valence-corrected chi connectivity index (χ4v) is 3.60. The molecule has 0 aliphatic carbocycles. The van der Waals surface area contributed by atoms with Gasteiger partial charge in [-0.2, -0.15) is 0 Å². The molecule has 0 bridgehead atoms. The van der Waals surface area contributed by atoms with Crippen LogP contribution in [0.3, 0.4) is 0 Å². The molecule has 0 unspecified atom stereocenters. The van der Waals surface area contributed by atoms with Gasteiger partial charge in [-0.25, -0.2) is 0 Å². The second kappa shape index (κ2) is 37.6. The van der Waals surface area contributed by atoms with Crippen LogP contribution in [0.5, 0.6) is 0 Å². The number of rotatable bonds is 36. The first-order valence-corrected chi connectivity index (χ1v) is 15.6. The van der Waals surface area contributed by atoms with Crippen molar-refractivity contribution < 1.29 is 42.6 Å². The highest BCUT2D eigenvalue weighted by Crippen LogP contribution is 2.10. The van der Waals surface area contributed by atoms with Crippen molar-refractivity contribution >= 4 is 0 Å². The Bertz CT molecular complexity index is 380. The molecule has 0 spiro atoms. The fraction of sp³-hybridized carbons (Fsp3) is 1.00. The Hall–Kier alpha value is -0.360. The minimum absolute atomic E-state index is 0.542. The van der Waals surface area contributed by atoms with Gasteiger partial charge in [-0.3, -0.25) is 0 Å². The normalized spacial score (nSPS) is 11.5. The maximum atomic E-state index is 5.64. The zero-order valence-electron chi connectivity index (χ0n) is 25.5. The molecule has 236 valence electrons. The van der Waals surface area contributed by atoms with Crippen molar-refractivity contribution in [1.29, 1.82) is 0 Å². The van der Waals surface area contributed by atoms with E-state index in [9.17, 15) is 0 Å². The molecule has 9 heteroatoms. The van der Waals surface area contributed by atoms with E-state index < -0.39 is 0 Å². The van der Waals surface area contributed by atoms with Gasteiger partial charge in [0.2, 0.25) is 0 Å². The summed E-state index contributed by atoms with van der Waals surface area (Å²) in [7, 11) is 0. The predicted octanol–water partition coefficient (Wildman–Crippen LogP) is 5.08. The standard InChI is InChI=1S/C30H62O9/c1-3-5-6-7-8-9-10-11-12-13-14-32-17-18-34-21-22-36-25-26-38-29-30-39-28-27-37-24-23-35-20-19-33-16-15-31-4-2/h3-30H2,1-2H3. The number of hydrogen-bond donors (Lipinski definition) is 0. The topological polar surface area (TPSA) is 83.1 Å². The van der Waals surface area contributed by atoms with E-state index in [1.807, 2.05) is 6.92 Å². The zero-order chi connectivity index (χ0) is 28.2. The second-order valence-corrected chi connectivity index (χ2v) is 9.28. The largest absolute Gasteiger partial charge is 0.379 e. The molecule has 0 aromatic carbocycles. The molecule has 0 amide bonds. The van der Waals surface area contributed by atoms with Gasteiger partial charge in [0.1, 0.15) is 0 Å². The lowest BCUT2D eigenvalue weighted by atomic mass is 10.1. The Kier molecular flexibility index (Phi) is 37.3. The van der Waals surface area contributed by atoms with Gasteiger partial charge in [-0.15, -0.1) is 0 Å². The maximum absolute atomic E-state index is 5.64. The van der Waals surface area contributed by atoms with E-state index in [0.29, 0.717) is 106 Å². The van der Waals surface area contributed by atoms with Crippen LogP contribution in [-0.2, 0) is 42.6 Å². The third-order valence-electron chi connectivity index (χ3n) is 5.82. The van der Waals surface area contributed by atoms with Crippen LogP contribution in [-0.4, -0.2) is 119 Å². The summed E-state index contributed by atoms with van der Waals surface area (Å²) in [6.45, 7) is 15.0. The molecule has 0 radical (unpaired) electrons. The number of hydrogen-bond acceptors (Lipinski definition) is 9. The molecule has 0 aromatic heterocycles. The predicted molar refractivity (Wildman–Crippen MR) is 155 cm³/mol. The SMILES string of the molecule is CCCCCCCCCCCCOCCOCCOCCOCCOCCOCCOCCOCCOCC. The van der Waals surface area contributed by atoms with Crippen LogP contribution in [0.2, 0.25) is 0 Å². The minimum Gasteiger partial charge on any atom is -0.379 e. The van der Waals surface area contributed by atoms with Crippen LogP contribution >= 0.6 is 0 Å². The number of unbranched alkanes of at least 4 members (excludes halogenated alkanes) is 9. The molecule has 0 aliphatic heterocycles. The van der Waals surface area contributed by atoms with Gasteiger partial charge in [0, 0.05) is 13.2 Å². The minimum atomic E-state index is 0.542. The molecule has 0 heterocycles. The summed E-state index contributed by atoms with van der Waals surface area (Å²) in [6.07, 6.45) is 13.5. The van der Waals surface area contributed by atoms with Crippen molar-refractivity contribution in [1.82, 2.24) is 0 Å². The van der Waals surface area contributed by atoms with Crippen molar-refractivity contribution in [3.05, 3.63) is 0 Å². The fourth-order valence-electron chi connectivity index (χ4n) is 3.60. The van der Waals surface area contributed by atoms with E-state index in [1.165, 1.54) is 57.8 Å². The van der Waals surface area contributed by atoms with Gasteiger partial charge in [0.15, 0.2) is 0 Å². The Morgan fingerprint density at radius 1 is 0.231 bits per heavy atom. The molecule has 0 aromatic rings. The number of ether oxygens (including phenoxy) is 9. The van der Waals surface area contributed by atoms with E-state index in [1.54, 1.807) is 0 Å². The van der Waals surface area contributed by atoms with Gasteiger partial charge >= 0.3 is 0 Å². The van der Waals surface area contributed by atoms with E-state index in [4.69, 9.17) is 42.6 Å². The van der Waals surface area contributed by atoms with Gasteiger partial charge in [-0.05, 0) is 13.3 Å². The third kappa shape index (κ3) is 37.6. The monoisotopic (exact) mass is 566 g/mol. The molecule has 0 saturated carbocycles. The first-order valence-electron chi connectivity index (χ1n) is 15.6. The highest BCUT2D eigenvalue weighted by atomic mass is 16.6. The summed E-state index contributed by atoms with van der Waals surface area (Å²) in [6, 6.07) is 0. The average molecular weight is 567 g/mol. The average Bonchev–Trinajstić information content (AvgIpc) is 2.95. The van der Waals surface area contributed by atoms with Crippen LogP contribution in [0.4, 0.5) is 0 Å². The summed E-state index contributed by atoms with van der Waals surface area (Å²) < 4.78 is 49.1. The summed E-state index contributed by atoms with van der Waals surface area (Å²) in [4.78, 5) is 0. The Morgan fingerprint density at radius 3 is 0.744 bits per heavy atom. The Morgan fingerprint density at radius 2 is 0.462 bits per heavy atom. The quantitative estimate of drug-likeness (QED) is 0.0965. The Balaban J connectivity index is 3.01. The van der Waals surface area contributed by atoms with Gasteiger partial charge < -0.3 is 42.6 Å². The van der Waals surface area contributed by atoms with Crippen LogP contribution in [0, 0.1) is 0 Å². The van der Waals surface area contributed by atoms with E-state index in [0.717, 1.165) is 19.6 Å². The lowest BCUT2D eigenvalue weighted by Gasteiger charge is -2.09. The maximum Gasteiger partial charge on any atom is 0.0701 e. The molecular formula is C30H62O9. The zero-order valence-corrected chi connectivity index (χ0v) is 25.5. The van der Waals surface area contributed by atoms with Crippen molar-refractivity contribution in [2.75, 3.05) is 119 Å². The lowest BCUT2D eigenvalue weighted by Crippen LogP contribution is -2.15. The van der Waals surface area contributed by atoms with Gasteiger partial charge in [-0.1, -0.05) is 64.7 Å². The molecule has 0 rings (SSSR count). The van der Waals surface area contributed by atoms with E-state index in [2.05, 4.69) is 6.92 Å². The summed E-state index contributed by atoms with van der Waals surface area (Å²) in [5.74, 6) is 0. The van der Waals surface area contributed by atoms with Gasteiger partial charge in [0.25, 0.3) is 0 Å². The van der Waals surface area contributed by atoms with Crippen molar-refractivity contribution in [2.24, 2.45) is 0 Å². The molecular weight excluding hydrogens is 504 g/mol. The van der Waals surface area contributed by atoms with Gasteiger partial charge in [0.05, 0.1) is 106 Å². The second-order valence-electron chi connectivity index (χ2n) is 9.28. The first-order chi connectivity index (χ1) is 19.4. The summed E-state index contributed by atoms with van der Waals surface area (Å²) >= 11 is 0. The molecule has 9 nitrogen and oxygen atoms in total. The van der Waals surface area contributed by atoms with Crippen molar-refractivity contribution in [3.8, 4) is 0 Å². The van der Waals surface area contributed by atoms with Crippen LogP contribution in [0.25, 0.3) is 0 Å². The van der Waals surface area contributed by atoms with Crippen molar-refractivity contribution in [2.45, 2.75) is 78.1 Å². The Labute approximate surface area is 239 Å². The summed E-state index contributed by atoms with van der Waals surface area (Å²) in [5, 5.41) is 0.